The zero-order valence-corrected chi connectivity index (χ0v) is 10.0. The van der Waals surface area contributed by atoms with Gasteiger partial charge in [0.25, 0.3) is 0 Å². The van der Waals surface area contributed by atoms with Crippen LogP contribution in [0.1, 0.15) is 46.0 Å². The number of ketones is 2. The number of hydrogen-bond donors (Lipinski definition) is 1. The summed E-state index contributed by atoms with van der Waals surface area (Å²) in [5.41, 5.74) is 2.45. The third kappa shape index (κ3) is 2.12. The summed E-state index contributed by atoms with van der Waals surface area (Å²) in [6.07, 6.45) is 0. The lowest BCUT2D eigenvalue weighted by molar-refractivity contribution is 0.0986. The van der Waals surface area contributed by atoms with Gasteiger partial charge in [-0.15, -0.1) is 11.6 Å². The van der Waals surface area contributed by atoms with Crippen molar-refractivity contribution in [2.45, 2.75) is 33.1 Å². The van der Waals surface area contributed by atoms with E-state index in [9.17, 15) is 9.59 Å². The standard InChI is InChI=1S/C11H14ClNO2/c1-5-9(8(4)14)7(3)13-10(5)11(15)6(2)12/h6,13H,1-4H3/t6-/m1/s1. The first kappa shape index (κ1) is 12.0. The number of aryl methyl sites for hydroxylation is 1. The second-order valence-corrected chi connectivity index (χ2v) is 4.32. The predicted molar refractivity (Wildman–Crippen MR) is 59.9 cm³/mol. The van der Waals surface area contributed by atoms with Crippen molar-refractivity contribution in [2.75, 3.05) is 0 Å². The average molecular weight is 228 g/mol. The number of carbonyl (C=O) groups excluding carboxylic acids is 2. The third-order valence-electron chi connectivity index (χ3n) is 2.40. The summed E-state index contributed by atoms with van der Waals surface area (Å²) in [6, 6.07) is 0. The zero-order valence-electron chi connectivity index (χ0n) is 9.27. The molecule has 0 saturated carbocycles. The van der Waals surface area contributed by atoms with Crippen LogP contribution in [0, 0.1) is 13.8 Å². The smallest absolute Gasteiger partial charge is 0.196 e. The second kappa shape index (κ2) is 4.19. The molecule has 0 aliphatic carbocycles. The molecule has 15 heavy (non-hydrogen) atoms. The van der Waals surface area contributed by atoms with Crippen LogP contribution < -0.4 is 0 Å². The highest BCUT2D eigenvalue weighted by Crippen LogP contribution is 2.20. The predicted octanol–water partition coefficient (Wildman–Crippen LogP) is 2.64. The Morgan fingerprint density at radius 2 is 1.87 bits per heavy atom. The van der Waals surface area contributed by atoms with Crippen molar-refractivity contribution < 1.29 is 9.59 Å². The first-order valence-electron chi connectivity index (χ1n) is 4.74. The van der Waals surface area contributed by atoms with Crippen LogP contribution in [0.4, 0.5) is 0 Å². The summed E-state index contributed by atoms with van der Waals surface area (Å²) in [7, 11) is 0. The maximum absolute atomic E-state index is 11.7. The fourth-order valence-electron chi connectivity index (χ4n) is 1.72. The minimum atomic E-state index is -0.582. The fraction of sp³-hybridized carbons (Fsp3) is 0.455. The number of hydrogen-bond acceptors (Lipinski definition) is 2. The van der Waals surface area contributed by atoms with E-state index in [1.807, 2.05) is 0 Å². The van der Waals surface area contributed by atoms with Crippen molar-refractivity contribution in [1.82, 2.24) is 4.98 Å². The maximum atomic E-state index is 11.7. The van der Waals surface area contributed by atoms with Gasteiger partial charge in [-0.2, -0.15) is 0 Å². The highest BCUT2D eigenvalue weighted by Gasteiger charge is 2.22. The molecule has 0 unspecified atom stereocenters. The second-order valence-electron chi connectivity index (χ2n) is 3.66. The molecule has 0 aliphatic rings. The molecule has 0 bridgehead atoms. The average Bonchev–Trinajstić information content (AvgIpc) is 2.40. The van der Waals surface area contributed by atoms with Gasteiger partial charge in [-0.1, -0.05) is 0 Å². The summed E-state index contributed by atoms with van der Waals surface area (Å²) in [6.45, 7) is 6.64. The third-order valence-corrected chi connectivity index (χ3v) is 2.60. The van der Waals surface area contributed by atoms with Crippen LogP contribution in [0.2, 0.25) is 0 Å². The number of halogens is 1. The minimum Gasteiger partial charge on any atom is -0.355 e. The topological polar surface area (TPSA) is 49.9 Å². The molecule has 0 radical (unpaired) electrons. The molecule has 1 N–H and O–H groups in total. The van der Waals surface area contributed by atoms with E-state index in [1.165, 1.54) is 6.92 Å². The molecule has 1 heterocycles. The van der Waals surface area contributed by atoms with E-state index >= 15 is 0 Å². The van der Waals surface area contributed by atoms with Crippen molar-refractivity contribution >= 4 is 23.2 Å². The number of Topliss-reactive ketones (excluding diaryl/α,β-unsaturated/α-hetero) is 2. The number of aromatic nitrogens is 1. The Balaban J connectivity index is 3.30. The number of aromatic amines is 1. The summed E-state index contributed by atoms with van der Waals surface area (Å²) < 4.78 is 0. The molecule has 3 nitrogen and oxygen atoms in total. The van der Waals surface area contributed by atoms with Gasteiger partial charge < -0.3 is 4.98 Å². The monoisotopic (exact) mass is 227 g/mol. The van der Waals surface area contributed by atoms with E-state index in [2.05, 4.69) is 4.98 Å². The first-order chi connectivity index (χ1) is 6.86. The molecule has 0 amide bonds. The molecule has 82 valence electrons. The van der Waals surface area contributed by atoms with E-state index < -0.39 is 5.38 Å². The Hall–Kier alpha value is -1.09. The van der Waals surface area contributed by atoms with Gasteiger partial charge in [-0.3, -0.25) is 9.59 Å². The van der Waals surface area contributed by atoms with Crippen molar-refractivity contribution in [3.8, 4) is 0 Å². The molecule has 4 heteroatoms. The van der Waals surface area contributed by atoms with Crippen molar-refractivity contribution in [3.05, 3.63) is 22.5 Å². The van der Waals surface area contributed by atoms with Crippen LogP contribution in [0.15, 0.2) is 0 Å². The van der Waals surface area contributed by atoms with Gasteiger partial charge in [-0.05, 0) is 33.3 Å². The lowest BCUT2D eigenvalue weighted by atomic mass is 10.0. The summed E-state index contributed by atoms with van der Waals surface area (Å²) in [4.78, 5) is 25.9. The van der Waals surface area contributed by atoms with Crippen molar-refractivity contribution in [3.63, 3.8) is 0 Å². The molecule has 0 spiro atoms. The van der Waals surface area contributed by atoms with Gasteiger partial charge in [0.15, 0.2) is 11.6 Å². The number of H-pyrrole nitrogens is 1. The highest BCUT2D eigenvalue weighted by molar-refractivity contribution is 6.33. The van der Waals surface area contributed by atoms with E-state index in [4.69, 9.17) is 11.6 Å². The molecular weight excluding hydrogens is 214 g/mol. The molecule has 1 rings (SSSR count). The molecule has 0 aromatic carbocycles. The first-order valence-corrected chi connectivity index (χ1v) is 5.18. The van der Waals surface area contributed by atoms with Crippen LogP contribution in [-0.4, -0.2) is 21.9 Å². The number of carbonyl (C=O) groups is 2. The number of rotatable bonds is 3. The Labute approximate surface area is 93.8 Å². The largest absolute Gasteiger partial charge is 0.355 e. The van der Waals surface area contributed by atoms with Crippen LogP contribution in [0.5, 0.6) is 0 Å². The molecule has 1 atom stereocenters. The molecule has 1 aromatic rings. The molecule has 0 aliphatic heterocycles. The van der Waals surface area contributed by atoms with E-state index in [0.717, 1.165) is 5.69 Å². The van der Waals surface area contributed by atoms with Crippen molar-refractivity contribution in [1.29, 1.82) is 0 Å². The summed E-state index contributed by atoms with van der Waals surface area (Å²) >= 11 is 5.72. The van der Waals surface area contributed by atoms with E-state index in [-0.39, 0.29) is 11.6 Å². The van der Waals surface area contributed by atoms with Crippen LogP contribution in [-0.2, 0) is 0 Å². The van der Waals surface area contributed by atoms with Crippen LogP contribution in [0.25, 0.3) is 0 Å². The quantitative estimate of drug-likeness (QED) is 0.638. The summed E-state index contributed by atoms with van der Waals surface area (Å²) in [5.74, 6) is -0.215. The zero-order chi connectivity index (χ0) is 11.7. The van der Waals surface area contributed by atoms with E-state index in [0.29, 0.717) is 16.8 Å². The number of alkyl halides is 1. The van der Waals surface area contributed by atoms with Crippen molar-refractivity contribution in [2.24, 2.45) is 0 Å². The molecule has 1 aromatic heterocycles. The van der Waals surface area contributed by atoms with Crippen LogP contribution >= 0.6 is 11.6 Å². The minimum absolute atomic E-state index is 0.0393. The SMILES string of the molecule is CC(=O)c1c(C)[nH]c(C(=O)[C@@H](C)Cl)c1C. The van der Waals surface area contributed by atoms with E-state index in [1.54, 1.807) is 20.8 Å². The van der Waals surface area contributed by atoms with Gasteiger partial charge >= 0.3 is 0 Å². The summed E-state index contributed by atoms with van der Waals surface area (Å²) in [5, 5.41) is -0.582. The molecule has 0 saturated heterocycles. The Kier molecular flexibility index (Phi) is 3.35. The number of nitrogens with one attached hydrogen (secondary N) is 1. The Morgan fingerprint density at radius 1 is 1.33 bits per heavy atom. The van der Waals surface area contributed by atoms with Gasteiger partial charge in [0.1, 0.15) is 0 Å². The normalized spacial score (nSPS) is 12.6. The van der Waals surface area contributed by atoms with Gasteiger partial charge in [0.2, 0.25) is 0 Å². The van der Waals surface area contributed by atoms with Gasteiger partial charge in [0, 0.05) is 11.3 Å². The van der Waals surface area contributed by atoms with Gasteiger partial charge in [-0.25, -0.2) is 0 Å². The highest BCUT2D eigenvalue weighted by atomic mass is 35.5. The lowest BCUT2D eigenvalue weighted by Gasteiger charge is -2.01. The van der Waals surface area contributed by atoms with Crippen LogP contribution in [0.3, 0.4) is 0 Å². The molecular formula is C11H14ClNO2. The Morgan fingerprint density at radius 3 is 2.20 bits per heavy atom. The van der Waals surface area contributed by atoms with Gasteiger partial charge in [0.05, 0.1) is 11.1 Å². The maximum Gasteiger partial charge on any atom is 0.196 e. The fourth-order valence-corrected chi connectivity index (χ4v) is 1.83. The lowest BCUT2D eigenvalue weighted by Crippen LogP contribution is -2.12. The molecule has 0 fully saturated rings. The Bertz CT molecular complexity index is 418.